The number of amides is 1. The molecule has 0 fully saturated rings. The largest absolute Gasteiger partial charge is 0.504 e. The fourth-order valence-corrected chi connectivity index (χ4v) is 3.51. The molecule has 0 bridgehead atoms. The molecule has 3 aromatic carbocycles. The second kappa shape index (κ2) is 5.42. The third-order valence-electron chi connectivity index (χ3n) is 4.74. The number of fused-ring (bicyclic) bond motifs is 1. The van der Waals surface area contributed by atoms with Gasteiger partial charge in [-0.1, -0.05) is 30.3 Å². The standard InChI is InChI=1S/C20H15NO5/c22-15-7-5-11(9-17(15)24)20(12-6-8-16(23)18(25)10-12)13-3-1-2-4-14(13)21-19(20)26/h1-10,22-25H,(H,21,26). The summed E-state index contributed by atoms with van der Waals surface area (Å²) in [5, 5.41) is 42.1. The summed E-state index contributed by atoms with van der Waals surface area (Å²) in [5.41, 5.74) is 0.728. The van der Waals surface area contributed by atoms with Crippen LogP contribution >= 0.6 is 0 Å². The van der Waals surface area contributed by atoms with Gasteiger partial charge in [0.25, 0.3) is 0 Å². The van der Waals surface area contributed by atoms with E-state index in [1.807, 2.05) is 0 Å². The van der Waals surface area contributed by atoms with Crippen molar-refractivity contribution in [1.29, 1.82) is 0 Å². The molecule has 5 N–H and O–H groups in total. The van der Waals surface area contributed by atoms with Crippen molar-refractivity contribution in [3.8, 4) is 23.0 Å². The summed E-state index contributed by atoms with van der Waals surface area (Å²) in [7, 11) is 0. The molecule has 6 heteroatoms. The maximum absolute atomic E-state index is 13.1. The molecular weight excluding hydrogens is 334 g/mol. The first-order valence-electron chi connectivity index (χ1n) is 7.90. The highest BCUT2D eigenvalue weighted by Gasteiger charge is 2.50. The van der Waals surface area contributed by atoms with Gasteiger partial charge in [-0.05, 0) is 41.5 Å². The number of para-hydroxylation sites is 1. The molecule has 1 aliphatic heterocycles. The minimum absolute atomic E-state index is 0.302. The Hall–Kier alpha value is -3.67. The molecule has 6 nitrogen and oxygen atoms in total. The molecule has 3 aromatic rings. The van der Waals surface area contributed by atoms with Gasteiger partial charge < -0.3 is 25.7 Å². The first-order chi connectivity index (χ1) is 12.4. The number of nitrogens with one attached hydrogen (secondary N) is 1. The zero-order valence-corrected chi connectivity index (χ0v) is 13.5. The van der Waals surface area contributed by atoms with Gasteiger partial charge in [-0.3, -0.25) is 4.79 Å². The van der Waals surface area contributed by atoms with Crippen LogP contribution in [0.2, 0.25) is 0 Å². The highest BCUT2D eigenvalue weighted by molar-refractivity contribution is 6.11. The Morgan fingerprint density at radius 3 is 1.77 bits per heavy atom. The zero-order valence-electron chi connectivity index (χ0n) is 13.5. The van der Waals surface area contributed by atoms with Crippen LogP contribution in [-0.4, -0.2) is 26.3 Å². The summed E-state index contributed by atoms with van der Waals surface area (Å²) in [6.07, 6.45) is 0. The maximum Gasteiger partial charge on any atom is 0.244 e. The topological polar surface area (TPSA) is 110 Å². The Morgan fingerprint density at radius 2 is 1.23 bits per heavy atom. The number of hydrogen-bond donors (Lipinski definition) is 5. The lowest BCUT2D eigenvalue weighted by atomic mass is 9.70. The van der Waals surface area contributed by atoms with Crippen molar-refractivity contribution in [2.45, 2.75) is 5.41 Å². The predicted molar refractivity (Wildman–Crippen MR) is 94.5 cm³/mol. The van der Waals surface area contributed by atoms with Crippen molar-refractivity contribution >= 4 is 11.6 Å². The van der Waals surface area contributed by atoms with E-state index in [9.17, 15) is 25.2 Å². The Bertz CT molecular complexity index is 993. The van der Waals surface area contributed by atoms with Crippen LogP contribution in [0.25, 0.3) is 0 Å². The fraction of sp³-hybridized carbons (Fsp3) is 0.0500. The number of carbonyl (C=O) groups is 1. The fourth-order valence-electron chi connectivity index (χ4n) is 3.51. The lowest BCUT2D eigenvalue weighted by molar-refractivity contribution is -0.118. The first kappa shape index (κ1) is 15.8. The molecule has 26 heavy (non-hydrogen) atoms. The summed E-state index contributed by atoms with van der Waals surface area (Å²) >= 11 is 0. The van der Waals surface area contributed by atoms with E-state index in [4.69, 9.17) is 0 Å². The van der Waals surface area contributed by atoms with Crippen LogP contribution < -0.4 is 5.32 Å². The molecule has 0 saturated carbocycles. The van der Waals surface area contributed by atoms with Gasteiger partial charge in [-0.2, -0.15) is 0 Å². The number of benzene rings is 3. The molecule has 0 unspecified atom stereocenters. The quantitative estimate of drug-likeness (QED) is 0.457. The SMILES string of the molecule is O=C1Nc2ccccc2C1(c1ccc(O)c(O)c1)c1ccc(O)c(O)c1. The summed E-state index contributed by atoms with van der Waals surface area (Å²) < 4.78 is 0. The van der Waals surface area contributed by atoms with E-state index in [0.29, 0.717) is 22.4 Å². The van der Waals surface area contributed by atoms with E-state index in [0.717, 1.165) is 0 Å². The third kappa shape index (κ3) is 2.02. The van der Waals surface area contributed by atoms with Crippen molar-refractivity contribution in [3.63, 3.8) is 0 Å². The van der Waals surface area contributed by atoms with Crippen molar-refractivity contribution < 1.29 is 25.2 Å². The van der Waals surface area contributed by atoms with Crippen LogP contribution in [0.5, 0.6) is 23.0 Å². The van der Waals surface area contributed by atoms with Gasteiger partial charge in [-0.25, -0.2) is 0 Å². The van der Waals surface area contributed by atoms with Crippen molar-refractivity contribution in [1.82, 2.24) is 0 Å². The zero-order chi connectivity index (χ0) is 18.5. The summed E-state index contributed by atoms with van der Waals surface area (Å²) in [6, 6.07) is 15.5. The van der Waals surface area contributed by atoms with E-state index in [1.54, 1.807) is 36.4 Å². The smallest absolute Gasteiger partial charge is 0.244 e. The molecule has 1 aliphatic rings. The minimum Gasteiger partial charge on any atom is -0.504 e. The average Bonchev–Trinajstić information content (AvgIpc) is 2.92. The summed E-state index contributed by atoms with van der Waals surface area (Å²) in [6.45, 7) is 0. The molecule has 1 amide bonds. The summed E-state index contributed by atoms with van der Waals surface area (Å²) in [5.74, 6) is -1.69. The highest BCUT2D eigenvalue weighted by atomic mass is 16.3. The van der Waals surface area contributed by atoms with Crippen molar-refractivity contribution in [3.05, 3.63) is 77.4 Å². The Labute approximate surface area is 148 Å². The third-order valence-corrected chi connectivity index (χ3v) is 4.74. The number of hydrogen-bond acceptors (Lipinski definition) is 5. The summed E-state index contributed by atoms with van der Waals surface area (Å²) in [4.78, 5) is 13.1. The van der Waals surface area contributed by atoms with Gasteiger partial charge in [0.2, 0.25) is 5.91 Å². The molecule has 0 spiro atoms. The van der Waals surface area contributed by atoms with E-state index in [1.165, 1.54) is 24.3 Å². The highest BCUT2D eigenvalue weighted by Crippen LogP contribution is 2.49. The van der Waals surface area contributed by atoms with E-state index in [-0.39, 0.29) is 28.9 Å². The number of rotatable bonds is 2. The number of phenols is 4. The minimum atomic E-state index is -1.35. The Balaban J connectivity index is 2.09. The van der Waals surface area contributed by atoms with Crippen LogP contribution in [0.15, 0.2) is 60.7 Å². The molecule has 0 atom stereocenters. The van der Waals surface area contributed by atoms with Crippen LogP contribution in [0.1, 0.15) is 16.7 Å². The molecule has 0 saturated heterocycles. The normalized spacial score (nSPS) is 14.7. The van der Waals surface area contributed by atoms with Crippen molar-refractivity contribution in [2.24, 2.45) is 0 Å². The van der Waals surface area contributed by atoms with Gasteiger partial charge in [0.1, 0.15) is 5.41 Å². The second-order valence-electron chi connectivity index (χ2n) is 6.16. The predicted octanol–water partition coefficient (Wildman–Crippen LogP) is 2.80. The van der Waals surface area contributed by atoms with Gasteiger partial charge >= 0.3 is 0 Å². The lowest BCUT2D eigenvalue weighted by Crippen LogP contribution is -2.37. The van der Waals surface area contributed by atoms with Crippen molar-refractivity contribution in [2.75, 3.05) is 5.32 Å². The second-order valence-corrected chi connectivity index (χ2v) is 6.16. The molecular formula is C20H15NO5. The Morgan fingerprint density at radius 1 is 0.692 bits per heavy atom. The molecule has 130 valence electrons. The molecule has 4 rings (SSSR count). The molecule has 0 radical (unpaired) electrons. The van der Waals surface area contributed by atoms with Gasteiger partial charge in [0, 0.05) is 11.3 Å². The Kier molecular flexibility index (Phi) is 3.30. The first-order valence-corrected chi connectivity index (χ1v) is 7.90. The van der Waals surface area contributed by atoms with E-state index in [2.05, 4.69) is 5.32 Å². The lowest BCUT2D eigenvalue weighted by Gasteiger charge is -2.29. The monoisotopic (exact) mass is 349 g/mol. The van der Waals surface area contributed by atoms with Gasteiger partial charge in [-0.15, -0.1) is 0 Å². The molecule has 1 heterocycles. The molecule has 0 aromatic heterocycles. The number of phenolic OH excluding ortho intramolecular Hbond substituents is 4. The van der Waals surface area contributed by atoms with Crippen LogP contribution in [0.3, 0.4) is 0 Å². The van der Waals surface area contributed by atoms with Crippen LogP contribution in [0, 0.1) is 0 Å². The van der Waals surface area contributed by atoms with E-state index < -0.39 is 5.41 Å². The van der Waals surface area contributed by atoms with Gasteiger partial charge in [0.15, 0.2) is 23.0 Å². The number of carbonyl (C=O) groups excluding carboxylic acids is 1. The molecule has 0 aliphatic carbocycles. The average molecular weight is 349 g/mol. The maximum atomic E-state index is 13.1. The van der Waals surface area contributed by atoms with E-state index >= 15 is 0 Å². The van der Waals surface area contributed by atoms with Crippen LogP contribution in [-0.2, 0) is 10.2 Å². The number of aromatic hydroxyl groups is 4. The van der Waals surface area contributed by atoms with Gasteiger partial charge in [0.05, 0.1) is 0 Å². The number of anilines is 1. The van der Waals surface area contributed by atoms with Crippen LogP contribution in [0.4, 0.5) is 5.69 Å².